The van der Waals surface area contributed by atoms with E-state index in [9.17, 15) is 9.18 Å². The fraction of sp³-hybridized carbons (Fsp3) is 0.185. The normalized spacial score (nSPS) is 11.8. The van der Waals surface area contributed by atoms with Crippen LogP contribution in [0.15, 0.2) is 83.7 Å². The van der Waals surface area contributed by atoms with Gasteiger partial charge in [-0.3, -0.25) is 4.79 Å². The molecule has 0 fully saturated rings. The van der Waals surface area contributed by atoms with Gasteiger partial charge < -0.3 is 15.2 Å². The molecule has 2 N–H and O–H groups in total. The van der Waals surface area contributed by atoms with Crippen molar-refractivity contribution >= 4 is 28.2 Å². The van der Waals surface area contributed by atoms with E-state index in [1.807, 2.05) is 73.3 Å². The van der Waals surface area contributed by atoms with Gasteiger partial charge in [0.1, 0.15) is 5.82 Å². The van der Waals surface area contributed by atoms with Gasteiger partial charge in [0.25, 0.3) is 5.56 Å². The first kappa shape index (κ1) is 22.7. The van der Waals surface area contributed by atoms with Crippen LogP contribution >= 0.6 is 12.2 Å². The standard InChI is InChI=1S/C27H26FN3OS/c1-18-7-6-10-22-15-23(26(32)30-25(18)22)17-31(16-20-11-13-24(28)14-12-20)27(33)29-19(2)21-8-4-3-5-9-21/h3-15,19H,16-17H2,1-2H3,(H,29,33)(H,30,32). The Morgan fingerprint density at radius 2 is 1.76 bits per heavy atom. The Morgan fingerprint density at radius 3 is 2.48 bits per heavy atom. The Bertz CT molecular complexity index is 1320. The Morgan fingerprint density at radius 1 is 1.03 bits per heavy atom. The zero-order chi connectivity index (χ0) is 23.4. The number of aromatic amines is 1. The first-order valence-corrected chi connectivity index (χ1v) is 11.3. The maximum atomic E-state index is 13.4. The van der Waals surface area contributed by atoms with Crippen molar-refractivity contribution in [3.05, 3.63) is 117 Å². The number of hydrogen-bond acceptors (Lipinski definition) is 2. The molecule has 0 aliphatic rings. The third-order valence-electron chi connectivity index (χ3n) is 5.74. The van der Waals surface area contributed by atoms with Crippen molar-refractivity contribution in [1.29, 1.82) is 0 Å². The van der Waals surface area contributed by atoms with Gasteiger partial charge in [-0.1, -0.05) is 60.7 Å². The third-order valence-corrected chi connectivity index (χ3v) is 6.12. The largest absolute Gasteiger partial charge is 0.356 e. The van der Waals surface area contributed by atoms with Crippen molar-refractivity contribution in [2.45, 2.75) is 33.0 Å². The molecule has 0 bridgehead atoms. The third kappa shape index (κ3) is 5.46. The van der Waals surface area contributed by atoms with Gasteiger partial charge in [-0.15, -0.1) is 0 Å². The van der Waals surface area contributed by atoms with E-state index in [-0.39, 0.29) is 17.4 Å². The molecule has 1 unspecified atom stereocenters. The molecule has 0 aliphatic heterocycles. The second-order valence-electron chi connectivity index (χ2n) is 8.23. The monoisotopic (exact) mass is 459 g/mol. The van der Waals surface area contributed by atoms with Crippen molar-refractivity contribution in [3.8, 4) is 0 Å². The van der Waals surface area contributed by atoms with Crippen LogP contribution in [0.25, 0.3) is 10.9 Å². The second-order valence-corrected chi connectivity index (χ2v) is 8.61. The van der Waals surface area contributed by atoms with E-state index >= 15 is 0 Å². The zero-order valence-electron chi connectivity index (χ0n) is 18.6. The summed E-state index contributed by atoms with van der Waals surface area (Å²) in [7, 11) is 0. The van der Waals surface area contributed by atoms with Crippen LogP contribution in [-0.2, 0) is 13.1 Å². The van der Waals surface area contributed by atoms with Crippen LogP contribution in [0, 0.1) is 12.7 Å². The smallest absolute Gasteiger partial charge is 0.253 e. The number of hydrogen-bond donors (Lipinski definition) is 2. The summed E-state index contributed by atoms with van der Waals surface area (Å²) in [4.78, 5) is 17.8. The minimum Gasteiger partial charge on any atom is -0.356 e. The summed E-state index contributed by atoms with van der Waals surface area (Å²) in [6.07, 6.45) is 0. The zero-order valence-corrected chi connectivity index (χ0v) is 19.5. The summed E-state index contributed by atoms with van der Waals surface area (Å²) in [6, 6.07) is 24.2. The number of rotatable bonds is 6. The number of H-pyrrole nitrogens is 1. The SMILES string of the molecule is Cc1cccc2cc(CN(Cc3ccc(F)cc3)C(=S)NC(C)c3ccccc3)c(=O)[nH]c12. The van der Waals surface area contributed by atoms with E-state index in [1.165, 1.54) is 12.1 Å². The predicted molar refractivity (Wildman–Crippen MR) is 136 cm³/mol. The molecule has 0 saturated carbocycles. The lowest BCUT2D eigenvalue weighted by molar-refractivity contribution is 0.392. The van der Waals surface area contributed by atoms with Crippen LogP contribution in [-0.4, -0.2) is 15.0 Å². The average Bonchev–Trinajstić information content (AvgIpc) is 2.81. The van der Waals surface area contributed by atoms with Gasteiger partial charge in [-0.25, -0.2) is 4.39 Å². The van der Waals surface area contributed by atoms with Crippen molar-refractivity contribution in [2.24, 2.45) is 0 Å². The molecule has 1 heterocycles. The van der Waals surface area contributed by atoms with Crippen molar-refractivity contribution in [2.75, 3.05) is 0 Å². The molecule has 3 aromatic carbocycles. The van der Waals surface area contributed by atoms with E-state index in [2.05, 4.69) is 10.3 Å². The van der Waals surface area contributed by atoms with Crippen LogP contribution in [0.1, 0.15) is 35.2 Å². The highest BCUT2D eigenvalue weighted by molar-refractivity contribution is 7.80. The fourth-order valence-electron chi connectivity index (χ4n) is 3.86. The highest BCUT2D eigenvalue weighted by Gasteiger charge is 2.17. The van der Waals surface area contributed by atoms with Crippen molar-refractivity contribution in [1.82, 2.24) is 15.2 Å². The van der Waals surface area contributed by atoms with Crippen molar-refractivity contribution < 1.29 is 4.39 Å². The number of benzene rings is 3. The molecule has 168 valence electrons. The van der Waals surface area contributed by atoms with Gasteiger partial charge in [0, 0.05) is 12.1 Å². The van der Waals surface area contributed by atoms with E-state index in [0.717, 1.165) is 27.6 Å². The topological polar surface area (TPSA) is 48.1 Å². The Labute approximate surface area is 198 Å². The molecule has 0 aliphatic carbocycles. The number of pyridine rings is 1. The Kier molecular flexibility index (Phi) is 6.84. The predicted octanol–water partition coefficient (Wildman–Crippen LogP) is 5.61. The lowest BCUT2D eigenvalue weighted by Gasteiger charge is -2.28. The maximum Gasteiger partial charge on any atom is 0.253 e. The van der Waals surface area contributed by atoms with Crippen LogP contribution in [0.3, 0.4) is 0 Å². The molecule has 0 spiro atoms. The minimum atomic E-state index is -0.287. The van der Waals surface area contributed by atoms with Crippen molar-refractivity contribution in [3.63, 3.8) is 0 Å². The Hall–Kier alpha value is -3.51. The number of nitrogens with one attached hydrogen (secondary N) is 2. The van der Waals surface area contributed by atoms with Gasteiger partial charge >= 0.3 is 0 Å². The highest BCUT2D eigenvalue weighted by atomic mass is 32.1. The number of thiocarbonyl (C=S) groups is 1. The van der Waals surface area contributed by atoms with Gasteiger partial charge in [0.2, 0.25) is 0 Å². The summed E-state index contributed by atoms with van der Waals surface area (Å²) in [5.74, 6) is -0.287. The Balaban J connectivity index is 1.63. The minimum absolute atomic E-state index is 0.00745. The van der Waals surface area contributed by atoms with Gasteiger partial charge in [-0.2, -0.15) is 0 Å². The van der Waals surface area contributed by atoms with E-state index in [0.29, 0.717) is 23.8 Å². The molecule has 0 saturated heterocycles. The maximum absolute atomic E-state index is 13.4. The number of aryl methyl sites for hydroxylation is 1. The van der Waals surface area contributed by atoms with E-state index in [4.69, 9.17) is 12.2 Å². The molecule has 1 atom stereocenters. The molecule has 0 amide bonds. The number of nitrogens with zero attached hydrogens (tertiary/aromatic N) is 1. The van der Waals surface area contributed by atoms with Gasteiger partial charge in [0.05, 0.1) is 18.1 Å². The summed E-state index contributed by atoms with van der Waals surface area (Å²) in [6.45, 7) is 4.79. The summed E-state index contributed by atoms with van der Waals surface area (Å²) < 4.78 is 13.4. The first-order valence-electron chi connectivity index (χ1n) is 10.9. The number of fused-ring (bicyclic) bond motifs is 1. The van der Waals surface area contributed by atoms with Crippen LogP contribution in [0.2, 0.25) is 0 Å². The van der Waals surface area contributed by atoms with Crippen LogP contribution in [0.5, 0.6) is 0 Å². The fourth-order valence-corrected chi connectivity index (χ4v) is 4.17. The van der Waals surface area contributed by atoms with E-state index in [1.54, 1.807) is 12.1 Å². The molecule has 33 heavy (non-hydrogen) atoms. The quantitative estimate of drug-likeness (QED) is 0.368. The first-order chi connectivity index (χ1) is 15.9. The molecule has 4 nitrogen and oxygen atoms in total. The number of aromatic nitrogens is 1. The van der Waals surface area contributed by atoms with Crippen LogP contribution < -0.4 is 10.9 Å². The summed E-state index contributed by atoms with van der Waals surface area (Å²) in [5, 5.41) is 4.89. The average molecular weight is 460 g/mol. The molecule has 6 heteroatoms. The van der Waals surface area contributed by atoms with Gasteiger partial charge in [-0.05, 0) is 66.3 Å². The van der Waals surface area contributed by atoms with E-state index < -0.39 is 0 Å². The second kappa shape index (κ2) is 9.96. The molecule has 0 radical (unpaired) electrons. The molecular formula is C27H26FN3OS. The highest BCUT2D eigenvalue weighted by Crippen LogP contribution is 2.18. The van der Waals surface area contributed by atoms with Gasteiger partial charge in [0.15, 0.2) is 5.11 Å². The van der Waals surface area contributed by atoms with Crippen LogP contribution in [0.4, 0.5) is 4.39 Å². The molecule has 4 aromatic rings. The lowest BCUT2D eigenvalue weighted by atomic mass is 10.1. The number of para-hydroxylation sites is 1. The summed E-state index contributed by atoms with van der Waals surface area (Å²) >= 11 is 5.76. The lowest BCUT2D eigenvalue weighted by Crippen LogP contribution is -2.41. The summed E-state index contributed by atoms with van der Waals surface area (Å²) in [5.41, 5.74) is 4.36. The molecular weight excluding hydrogens is 433 g/mol. The number of halogens is 1. The molecule has 4 rings (SSSR count). The molecule has 1 aromatic heterocycles.